The predicted molar refractivity (Wildman–Crippen MR) is 70.1 cm³/mol. The van der Waals surface area contributed by atoms with Crippen molar-refractivity contribution in [1.82, 2.24) is 4.98 Å². The van der Waals surface area contributed by atoms with E-state index in [0.29, 0.717) is 12.1 Å². The number of aliphatic hydroxyl groups excluding tert-OH is 1. The van der Waals surface area contributed by atoms with Crippen LogP contribution in [0, 0.1) is 0 Å². The third-order valence-electron chi connectivity index (χ3n) is 3.77. The molecule has 2 heterocycles. The Labute approximate surface area is 103 Å². The van der Waals surface area contributed by atoms with Gasteiger partial charge in [-0.25, -0.2) is 4.98 Å². The number of aliphatic hydroxyl groups is 1. The van der Waals surface area contributed by atoms with Crippen molar-refractivity contribution in [3.8, 4) is 0 Å². The highest BCUT2D eigenvalue weighted by molar-refractivity contribution is 5.45. The minimum absolute atomic E-state index is 0.422. The van der Waals surface area contributed by atoms with Crippen molar-refractivity contribution in [3.05, 3.63) is 23.9 Å². The smallest absolute Gasteiger partial charge is 0.129 e. The highest BCUT2D eigenvalue weighted by Crippen LogP contribution is 2.31. The molecule has 1 aromatic heterocycles. The Bertz CT molecular complexity index is 378. The predicted octanol–water partition coefficient (Wildman–Crippen LogP) is 2.90. The van der Waals surface area contributed by atoms with E-state index in [2.05, 4.69) is 23.7 Å². The molecule has 0 amide bonds. The molecule has 0 spiro atoms. The molecule has 1 aliphatic rings. The van der Waals surface area contributed by atoms with Gasteiger partial charge in [-0.1, -0.05) is 6.92 Å². The zero-order valence-electron chi connectivity index (χ0n) is 10.9. The maximum Gasteiger partial charge on any atom is 0.129 e. The summed E-state index contributed by atoms with van der Waals surface area (Å²) in [6.07, 6.45) is 5.02. The Hall–Kier alpha value is -1.09. The van der Waals surface area contributed by atoms with Gasteiger partial charge in [-0.2, -0.15) is 0 Å². The first kappa shape index (κ1) is 12.4. The summed E-state index contributed by atoms with van der Waals surface area (Å²) >= 11 is 0. The Morgan fingerprint density at radius 1 is 1.53 bits per heavy atom. The number of anilines is 1. The van der Waals surface area contributed by atoms with E-state index in [1.807, 2.05) is 12.1 Å². The Morgan fingerprint density at radius 3 is 2.94 bits per heavy atom. The number of hydrogen-bond acceptors (Lipinski definition) is 3. The molecule has 3 atom stereocenters. The quantitative estimate of drug-likeness (QED) is 0.873. The number of rotatable bonds is 3. The van der Waals surface area contributed by atoms with Crippen LogP contribution >= 0.6 is 0 Å². The van der Waals surface area contributed by atoms with Crippen LogP contribution in [0.15, 0.2) is 18.3 Å². The van der Waals surface area contributed by atoms with Gasteiger partial charge in [0, 0.05) is 18.3 Å². The van der Waals surface area contributed by atoms with Crippen LogP contribution in [0.1, 0.15) is 51.7 Å². The molecule has 17 heavy (non-hydrogen) atoms. The van der Waals surface area contributed by atoms with Gasteiger partial charge in [0.1, 0.15) is 5.82 Å². The molecule has 3 nitrogen and oxygen atoms in total. The largest absolute Gasteiger partial charge is 0.389 e. The Balaban J connectivity index is 2.29. The Kier molecular flexibility index (Phi) is 3.67. The van der Waals surface area contributed by atoms with Crippen LogP contribution in [-0.4, -0.2) is 22.2 Å². The topological polar surface area (TPSA) is 36.4 Å². The molecule has 3 heteroatoms. The van der Waals surface area contributed by atoms with Crippen LogP contribution in [0.4, 0.5) is 5.82 Å². The van der Waals surface area contributed by atoms with Crippen molar-refractivity contribution in [3.63, 3.8) is 0 Å². The first-order valence-electron chi connectivity index (χ1n) is 6.55. The van der Waals surface area contributed by atoms with Gasteiger partial charge in [0.25, 0.3) is 0 Å². The molecule has 94 valence electrons. The minimum Gasteiger partial charge on any atom is -0.389 e. The van der Waals surface area contributed by atoms with Crippen molar-refractivity contribution in [1.29, 1.82) is 0 Å². The van der Waals surface area contributed by atoms with Gasteiger partial charge in [-0.05, 0) is 50.8 Å². The molecule has 1 fully saturated rings. The van der Waals surface area contributed by atoms with Gasteiger partial charge in [0.15, 0.2) is 0 Å². The molecular weight excluding hydrogens is 212 g/mol. The fourth-order valence-corrected chi connectivity index (χ4v) is 2.72. The summed E-state index contributed by atoms with van der Waals surface area (Å²) in [7, 11) is 0. The van der Waals surface area contributed by atoms with Gasteiger partial charge in [0.05, 0.1) is 6.10 Å². The van der Waals surface area contributed by atoms with Crippen LogP contribution in [0.25, 0.3) is 0 Å². The second-order valence-corrected chi connectivity index (χ2v) is 5.02. The summed E-state index contributed by atoms with van der Waals surface area (Å²) in [5.74, 6) is 1.01. The summed E-state index contributed by atoms with van der Waals surface area (Å²) in [6, 6.07) is 5.06. The number of nitrogens with zero attached hydrogens (tertiary/aromatic N) is 2. The standard InChI is InChI=1S/C14H22N2O/c1-4-13-6-5-10(2)16(13)14-9-12(11(3)17)7-8-15-14/h7-11,13,17H,4-6H2,1-3H3. The summed E-state index contributed by atoms with van der Waals surface area (Å²) in [4.78, 5) is 6.88. The van der Waals surface area contributed by atoms with Crippen LogP contribution in [0.2, 0.25) is 0 Å². The second-order valence-electron chi connectivity index (χ2n) is 5.02. The average molecular weight is 234 g/mol. The summed E-state index contributed by atoms with van der Waals surface area (Å²) in [5.41, 5.74) is 0.948. The third kappa shape index (κ3) is 2.44. The number of pyridine rings is 1. The fraction of sp³-hybridized carbons (Fsp3) is 0.643. The maximum absolute atomic E-state index is 9.63. The maximum atomic E-state index is 9.63. The highest BCUT2D eigenvalue weighted by Gasteiger charge is 2.30. The van der Waals surface area contributed by atoms with E-state index in [4.69, 9.17) is 0 Å². The fourth-order valence-electron chi connectivity index (χ4n) is 2.72. The van der Waals surface area contributed by atoms with Crippen molar-refractivity contribution in [2.24, 2.45) is 0 Å². The summed E-state index contributed by atoms with van der Waals surface area (Å²) in [6.45, 7) is 6.28. The highest BCUT2D eigenvalue weighted by atomic mass is 16.3. The van der Waals surface area contributed by atoms with E-state index >= 15 is 0 Å². The molecule has 0 saturated carbocycles. The lowest BCUT2D eigenvalue weighted by Gasteiger charge is -2.29. The molecule has 3 unspecified atom stereocenters. The first-order chi connectivity index (χ1) is 8.13. The lowest BCUT2D eigenvalue weighted by molar-refractivity contribution is 0.199. The van der Waals surface area contributed by atoms with Gasteiger partial charge in [-0.3, -0.25) is 0 Å². The van der Waals surface area contributed by atoms with E-state index < -0.39 is 6.10 Å². The second kappa shape index (κ2) is 5.05. The lowest BCUT2D eigenvalue weighted by atomic mass is 10.1. The summed E-state index contributed by atoms with van der Waals surface area (Å²) in [5, 5.41) is 9.63. The van der Waals surface area contributed by atoms with Crippen LogP contribution in [0.5, 0.6) is 0 Å². The normalized spacial score (nSPS) is 26.2. The molecule has 0 aromatic carbocycles. The monoisotopic (exact) mass is 234 g/mol. The Morgan fingerprint density at radius 2 is 2.29 bits per heavy atom. The molecule has 0 radical (unpaired) electrons. The van der Waals surface area contributed by atoms with Crippen molar-refractivity contribution < 1.29 is 5.11 Å². The molecule has 0 bridgehead atoms. The molecule has 1 aromatic rings. The van der Waals surface area contributed by atoms with Crippen molar-refractivity contribution in [2.45, 2.75) is 58.2 Å². The van der Waals surface area contributed by atoms with E-state index in [9.17, 15) is 5.11 Å². The molecule has 1 aliphatic heterocycles. The zero-order valence-corrected chi connectivity index (χ0v) is 10.9. The van der Waals surface area contributed by atoms with Gasteiger partial charge in [0.2, 0.25) is 0 Å². The van der Waals surface area contributed by atoms with Crippen LogP contribution in [-0.2, 0) is 0 Å². The van der Waals surface area contributed by atoms with E-state index in [-0.39, 0.29) is 0 Å². The molecule has 1 N–H and O–H groups in total. The van der Waals surface area contributed by atoms with Gasteiger partial charge in [-0.15, -0.1) is 0 Å². The number of aromatic nitrogens is 1. The molecule has 0 aliphatic carbocycles. The van der Waals surface area contributed by atoms with Gasteiger partial charge >= 0.3 is 0 Å². The molecular formula is C14H22N2O. The first-order valence-corrected chi connectivity index (χ1v) is 6.55. The SMILES string of the molecule is CCC1CCC(C)N1c1cc(C(C)O)ccn1. The van der Waals surface area contributed by atoms with Crippen LogP contribution < -0.4 is 4.90 Å². The zero-order chi connectivity index (χ0) is 12.4. The van der Waals surface area contributed by atoms with E-state index in [1.165, 1.54) is 12.8 Å². The minimum atomic E-state index is -0.422. The summed E-state index contributed by atoms with van der Waals surface area (Å²) < 4.78 is 0. The average Bonchev–Trinajstić information content (AvgIpc) is 2.70. The van der Waals surface area contributed by atoms with Crippen molar-refractivity contribution in [2.75, 3.05) is 4.90 Å². The third-order valence-corrected chi connectivity index (χ3v) is 3.77. The van der Waals surface area contributed by atoms with E-state index in [0.717, 1.165) is 17.8 Å². The van der Waals surface area contributed by atoms with Gasteiger partial charge < -0.3 is 10.0 Å². The lowest BCUT2D eigenvalue weighted by Crippen LogP contribution is -2.34. The molecule has 1 saturated heterocycles. The van der Waals surface area contributed by atoms with E-state index in [1.54, 1.807) is 13.1 Å². The molecule has 2 rings (SSSR count). The number of hydrogen-bond donors (Lipinski definition) is 1. The van der Waals surface area contributed by atoms with Crippen LogP contribution in [0.3, 0.4) is 0 Å². The van der Waals surface area contributed by atoms with Crippen molar-refractivity contribution >= 4 is 5.82 Å².